The van der Waals surface area contributed by atoms with Gasteiger partial charge in [-0.15, -0.1) is 0 Å². The van der Waals surface area contributed by atoms with Crippen LogP contribution in [0.3, 0.4) is 0 Å². The maximum atomic E-state index is 12.1. The minimum atomic E-state index is -0.0895. The lowest BCUT2D eigenvalue weighted by molar-refractivity contribution is -0.118. The monoisotopic (exact) mass is 252 g/mol. The van der Waals surface area contributed by atoms with Crippen LogP contribution in [0, 0.1) is 12.8 Å². The van der Waals surface area contributed by atoms with E-state index in [0.717, 1.165) is 24.2 Å². The van der Waals surface area contributed by atoms with Gasteiger partial charge in [0.25, 0.3) is 0 Å². The van der Waals surface area contributed by atoms with Gasteiger partial charge in [0.05, 0.1) is 6.04 Å². The van der Waals surface area contributed by atoms with Crippen LogP contribution < -0.4 is 10.6 Å². The summed E-state index contributed by atoms with van der Waals surface area (Å²) in [6, 6.07) is 5.45. The van der Waals surface area contributed by atoms with Gasteiger partial charge in [-0.3, -0.25) is 4.79 Å². The van der Waals surface area contributed by atoms with Gasteiger partial charge in [0.2, 0.25) is 5.91 Å². The van der Waals surface area contributed by atoms with Crippen LogP contribution in [0.1, 0.15) is 18.9 Å². The standard InChI is InChI=1S/C13H17ClN2O/c1-8-6-7-15-12(8)13(17)16-11-5-3-4-10(14)9(11)2/h3-5,8,12,15H,6-7H2,1-2H3,(H,16,17). The fourth-order valence-corrected chi connectivity index (χ4v) is 2.31. The quantitative estimate of drug-likeness (QED) is 0.850. The molecule has 1 aromatic carbocycles. The lowest BCUT2D eigenvalue weighted by atomic mass is 10.0. The molecule has 4 heteroatoms. The van der Waals surface area contributed by atoms with Crippen LogP contribution in [0.2, 0.25) is 5.02 Å². The van der Waals surface area contributed by atoms with Gasteiger partial charge >= 0.3 is 0 Å². The summed E-state index contributed by atoms with van der Waals surface area (Å²) >= 11 is 6.02. The van der Waals surface area contributed by atoms with Gasteiger partial charge in [0.15, 0.2) is 0 Å². The van der Waals surface area contributed by atoms with Crippen LogP contribution in [0.4, 0.5) is 5.69 Å². The Morgan fingerprint density at radius 3 is 2.94 bits per heavy atom. The largest absolute Gasteiger partial charge is 0.324 e. The molecule has 1 saturated heterocycles. The summed E-state index contributed by atoms with van der Waals surface area (Å²) in [5.41, 5.74) is 1.71. The van der Waals surface area contributed by atoms with Gasteiger partial charge < -0.3 is 10.6 Å². The van der Waals surface area contributed by atoms with Crippen molar-refractivity contribution in [2.24, 2.45) is 5.92 Å². The van der Waals surface area contributed by atoms with Crippen molar-refractivity contribution in [2.75, 3.05) is 11.9 Å². The molecule has 2 atom stereocenters. The second-order valence-corrected chi connectivity index (χ2v) is 5.01. The maximum absolute atomic E-state index is 12.1. The first kappa shape index (κ1) is 12.4. The molecule has 2 N–H and O–H groups in total. The number of rotatable bonds is 2. The summed E-state index contributed by atoms with van der Waals surface area (Å²) in [6.45, 7) is 4.91. The van der Waals surface area contributed by atoms with E-state index in [4.69, 9.17) is 11.6 Å². The molecule has 1 amide bonds. The van der Waals surface area contributed by atoms with E-state index in [1.807, 2.05) is 25.1 Å². The highest BCUT2D eigenvalue weighted by atomic mass is 35.5. The fourth-order valence-electron chi connectivity index (χ4n) is 2.14. The molecule has 1 aliphatic heterocycles. The van der Waals surface area contributed by atoms with Crippen molar-refractivity contribution >= 4 is 23.2 Å². The molecule has 3 nitrogen and oxygen atoms in total. The Balaban J connectivity index is 2.10. The lowest BCUT2D eigenvalue weighted by Crippen LogP contribution is -2.39. The number of anilines is 1. The number of amides is 1. The highest BCUT2D eigenvalue weighted by molar-refractivity contribution is 6.31. The van der Waals surface area contributed by atoms with Crippen molar-refractivity contribution in [1.29, 1.82) is 0 Å². The molecule has 1 fully saturated rings. The average Bonchev–Trinajstić information content (AvgIpc) is 2.71. The Bertz CT molecular complexity index is 433. The molecule has 17 heavy (non-hydrogen) atoms. The first-order chi connectivity index (χ1) is 8.09. The summed E-state index contributed by atoms with van der Waals surface area (Å²) in [6.07, 6.45) is 1.05. The van der Waals surface area contributed by atoms with Gasteiger partial charge in [-0.2, -0.15) is 0 Å². The third kappa shape index (κ3) is 2.61. The topological polar surface area (TPSA) is 41.1 Å². The predicted molar refractivity (Wildman–Crippen MR) is 70.4 cm³/mol. The minimum absolute atomic E-state index is 0.0281. The zero-order valence-corrected chi connectivity index (χ0v) is 10.8. The summed E-state index contributed by atoms with van der Waals surface area (Å²) < 4.78 is 0. The van der Waals surface area contributed by atoms with Gasteiger partial charge in [-0.1, -0.05) is 24.6 Å². The Labute approximate surface area is 107 Å². The molecule has 2 rings (SSSR count). The predicted octanol–water partition coefficient (Wildman–Crippen LogP) is 2.58. The van der Waals surface area contributed by atoms with Gasteiger partial charge in [-0.25, -0.2) is 0 Å². The molecule has 92 valence electrons. The van der Waals surface area contributed by atoms with Crippen molar-refractivity contribution < 1.29 is 4.79 Å². The van der Waals surface area contributed by atoms with Crippen molar-refractivity contribution in [3.63, 3.8) is 0 Å². The van der Waals surface area contributed by atoms with Gasteiger partial charge in [0, 0.05) is 10.7 Å². The van der Waals surface area contributed by atoms with Gasteiger partial charge in [0.1, 0.15) is 0 Å². The van der Waals surface area contributed by atoms with Crippen LogP contribution in [-0.4, -0.2) is 18.5 Å². The smallest absolute Gasteiger partial charge is 0.241 e. The molecule has 2 unspecified atom stereocenters. The SMILES string of the molecule is Cc1c(Cl)cccc1NC(=O)C1NCCC1C. The van der Waals surface area contributed by atoms with E-state index in [2.05, 4.69) is 17.6 Å². The molecule has 1 aliphatic rings. The van der Waals surface area contributed by atoms with Gasteiger partial charge in [-0.05, 0) is 43.5 Å². The second-order valence-electron chi connectivity index (χ2n) is 4.60. The number of hydrogen-bond donors (Lipinski definition) is 2. The van der Waals surface area contributed by atoms with Crippen molar-refractivity contribution in [1.82, 2.24) is 5.32 Å². The van der Waals surface area contributed by atoms with E-state index >= 15 is 0 Å². The van der Waals surface area contributed by atoms with Crippen molar-refractivity contribution in [3.05, 3.63) is 28.8 Å². The molecular weight excluding hydrogens is 236 g/mol. The van der Waals surface area contributed by atoms with Crippen LogP contribution >= 0.6 is 11.6 Å². The van der Waals surface area contributed by atoms with E-state index in [1.54, 1.807) is 0 Å². The molecule has 0 aliphatic carbocycles. The van der Waals surface area contributed by atoms with Crippen molar-refractivity contribution in [2.45, 2.75) is 26.3 Å². The normalized spacial score (nSPS) is 23.7. The van der Waals surface area contributed by atoms with Crippen LogP contribution in [0.15, 0.2) is 18.2 Å². The van der Waals surface area contributed by atoms with E-state index in [9.17, 15) is 4.79 Å². The fraction of sp³-hybridized carbons (Fsp3) is 0.462. The number of carbonyl (C=O) groups is 1. The summed E-state index contributed by atoms with van der Waals surface area (Å²) in [7, 11) is 0. The zero-order chi connectivity index (χ0) is 12.4. The molecule has 1 aromatic rings. The summed E-state index contributed by atoms with van der Waals surface area (Å²) in [5.74, 6) is 0.412. The molecular formula is C13H17ClN2O. The minimum Gasteiger partial charge on any atom is -0.324 e. The Hall–Kier alpha value is -1.06. The average molecular weight is 253 g/mol. The van der Waals surface area contributed by atoms with E-state index in [1.165, 1.54) is 0 Å². The van der Waals surface area contributed by atoms with Crippen LogP contribution in [0.25, 0.3) is 0 Å². The number of nitrogens with one attached hydrogen (secondary N) is 2. The van der Waals surface area contributed by atoms with Crippen LogP contribution in [0.5, 0.6) is 0 Å². The molecule has 0 radical (unpaired) electrons. The number of halogens is 1. The Kier molecular flexibility index (Phi) is 3.69. The summed E-state index contributed by atoms with van der Waals surface area (Å²) in [4.78, 5) is 12.1. The first-order valence-electron chi connectivity index (χ1n) is 5.89. The lowest BCUT2D eigenvalue weighted by Gasteiger charge is -2.16. The Morgan fingerprint density at radius 2 is 2.29 bits per heavy atom. The first-order valence-corrected chi connectivity index (χ1v) is 6.26. The number of benzene rings is 1. The molecule has 0 bridgehead atoms. The molecule has 0 aromatic heterocycles. The zero-order valence-electron chi connectivity index (χ0n) is 10.1. The molecule has 0 saturated carbocycles. The number of carbonyl (C=O) groups excluding carboxylic acids is 1. The molecule has 1 heterocycles. The van der Waals surface area contributed by atoms with E-state index < -0.39 is 0 Å². The highest BCUT2D eigenvalue weighted by Gasteiger charge is 2.29. The highest BCUT2D eigenvalue weighted by Crippen LogP contribution is 2.24. The van der Waals surface area contributed by atoms with E-state index in [-0.39, 0.29) is 11.9 Å². The Morgan fingerprint density at radius 1 is 1.53 bits per heavy atom. The second kappa shape index (κ2) is 5.07. The van der Waals surface area contributed by atoms with E-state index in [0.29, 0.717) is 10.9 Å². The third-order valence-corrected chi connectivity index (χ3v) is 3.75. The maximum Gasteiger partial charge on any atom is 0.241 e. The molecule has 0 spiro atoms. The number of hydrogen-bond acceptors (Lipinski definition) is 2. The summed E-state index contributed by atoms with van der Waals surface area (Å²) in [5, 5.41) is 6.83. The van der Waals surface area contributed by atoms with Crippen LogP contribution in [-0.2, 0) is 4.79 Å². The van der Waals surface area contributed by atoms with Crippen molar-refractivity contribution in [3.8, 4) is 0 Å². The third-order valence-electron chi connectivity index (χ3n) is 3.34.